The minimum Gasteiger partial charge on any atom is -0.394 e. The number of aliphatic hydroxyl groups is 1. The SMILES string of the molecule is CCC(CO)N(CC(=O)NC1(C#N)CCCCC1)c1ccccc1. The predicted octanol–water partition coefficient (Wildman–Crippen LogP) is 2.61. The van der Waals surface area contributed by atoms with E-state index in [-0.39, 0.29) is 25.1 Å². The Morgan fingerprint density at radius 2 is 2.00 bits per heavy atom. The second-order valence-corrected chi connectivity index (χ2v) is 6.51. The Kier molecular flexibility index (Phi) is 6.62. The van der Waals surface area contributed by atoms with Crippen molar-refractivity contribution in [2.75, 3.05) is 18.1 Å². The highest BCUT2D eigenvalue weighted by Gasteiger charge is 2.34. The molecule has 1 aliphatic rings. The van der Waals surface area contributed by atoms with E-state index in [2.05, 4.69) is 11.4 Å². The summed E-state index contributed by atoms with van der Waals surface area (Å²) in [5, 5.41) is 22.1. The molecule has 1 aliphatic carbocycles. The van der Waals surface area contributed by atoms with Gasteiger partial charge in [-0.2, -0.15) is 5.26 Å². The lowest BCUT2D eigenvalue weighted by Crippen LogP contribution is -2.53. The van der Waals surface area contributed by atoms with Gasteiger partial charge in [-0.3, -0.25) is 4.79 Å². The van der Waals surface area contributed by atoms with Crippen molar-refractivity contribution in [3.63, 3.8) is 0 Å². The molecule has 0 aromatic heterocycles. The summed E-state index contributed by atoms with van der Waals surface area (Å²) < 4.78 is 0. The summed E-state index contributed by atoms with van der Waals surface area (Å²) >= 11 is 0. The second-order valence-electron chi connectivity index (χ2n) is 6.51. The molecule has 1 aromatic carbocycles. The van der Waals surface area contributed by atoms with Crippen molar-refractivity contribution in [2.24, 2.45) is 0 Å². The van der Waals surface area contributed by atoms with Gasteiger partial charge in [0.25, 0.3) is 0 Å². The Morgan fingerprint density at radius 3 is 2.54 bits per heavy atom. The number of anilines is 1. The molecule has 5 nitrogen and oxygen atoms in total. The van der Waals surface area contributed by atoms with Gasteiger partial charge in [-0.1, -0.05) is 44.4 Å². The molecule has 130 valence electrons. The molecule has 0 bridgehead atoms. The van der Waals surface area contributed by atoms with Crippen LogP contribution in [0.2, 0.25) is 0 Å². The summed E-state index contributed by atoms with van der Waals surface area (Å²) in [4.78, 5) is 14.5. The third-order valence-electron chi connectivity index (χ3n) is 4.82. The predicted molar refractivity (Wildman–Crippen MR) is 94.5 cm³/mol. The highest BCUT2D eigenvalue weighted by molar-refractivity contribution is 5.82. The van der Waals surface area contributed by atoms with Crippen molar-refractivity contribution in [3.05, 3.63) is 30.3 Å². The quantitative estimate of drug-likeness (QED) is 0.806. The van der Waals surface area contributed by atoms with Crippen LogP contribution in [0.4, 0.5) is 5.69 Å². The lowest BCUT2D eigenvalue weighted by atomic mass is 9.83. The summed E-state index contributed by atoms with van der Waals surface area (Å²) in [5.74, 6) is -0.158. The van der Waals surface area contributed by atoms with Gasteiger partial charge in [0.1, 0.15) is 5.54 Å². The molecule has 1 atom stereocenters. The first kappa shape index (κ1) is 18.3. The average molecular weight is 329 g/mol. The standard InChI is InChI=1S/C19H27N3O2/c1-2-16(14-23)22(17-9-5-3-6-10-17)13-18(24)21-19(15-20)11-7-4-8-12-19/h3,5-6,9-10,16,23H,2,4,7-8,11-14H2,1H3,(H,21,24). The van der Waals surface area contributed by atoms with Crippen LogP contribution in [-0.4, -0.2) is 35.7 Å². The van der Waals surface area contributed by atoms with Crippen molar-refractivity contribution in [1.29, 1.82) is 5.26 Å². The summed E-state index contributed by atoms with van der Waals surface area (Å²) in [7, 11) is 0. The highest BCUT2D eigenvalue weighted by Crippen LogP contribution is 2.27. The summed E-state index contributed by atoms with van der Waals surface area (Å²) in [5.41, 5.74) is 0.182. The van der Waals surface area contributed by atoms with Gasteiger partial charge < -0.3 is 15.3 Å². The van der Waals surface area contributed by atoms with E-state index >= 15 is 0 Å². The fourth-order valence-electron chi connectivity index (χ4n) is 3.38. The third-order valence-corrected chi connectivity index (χ3v) is 4.82. The number of benzene rings is 1. The van der Waals surface area contributed by atoms with Crippen LogP contribution in [0.15, 0.2) is 30.3 Å². The van der Waals surface area contributed by atoms with Crippen LogP contribution in [0.25, 0.3) is 0 Å². The van der Waals surface area contributed by atoms with E-state index in [0.717, 1.165) is 44.2 Å². The second kappa shape index (κ2) is 8.70. The molecule has 0 radical (unpaired) electrons. The van der Waals surface area contributed by atoms with E-state index in [0.29, 0.717) is 0 Å². The van der Waals surface area contributed by atoms with E-state index in [9.17, 15) is 15.2 Å². The van der Waals surface area contributed by atoms with Gasteiger partial charge in [-0.25, -0.2) is 0 Å². The third kappa shape index (κ3) is 4.48. The molecule has 1 unspecified atom stereocenters. The highest BCUT2D eigenvalue weighted by atomic mass is 16.3. The zero-order chi connectivity index (χ0) is 17.4. The number of nitrogens with zero attached hydrogens (tertiary/aromatic N) is 2. The van der Waals surface area contributed by atoms with Gasteiger partial charge in [0.05, 0.1) is 25.3 Å². The molecule has 0 spiro atoms. The molecular weight excluding hydrogens is 302 g/mol. The van der Waals surface area contributed by atoms with Crippen LogP contribution in [0.5, 0.6) is 0 Å². The molecule has 5 heteroatoms. The monoisotopic (exact) mass is 329 g/mol. The van der Waals surface area contributed by atoms with E-state index in [1.54, 1.807) is 0 Å². The smallest absolute Gasteiger partial charge is 0.240 e. The summed E-state index contributed by atoms with van der Waals surface area (Å²) in [6, 6.07) is 11.8. The molecule has 1 aromatic rings. The average Bonchev–Trinajstić information content (AvgIpc) is 2.63. The first-order valence-electron chi connectivity index (χ1n) is 8.79. The van der Waals surface area contributed by atoms with Crippen molar-refractivity contribution >= 4 is 11.6 Å². The number of hydrogen-bond donors (Lipinski definition) is 2. The van der Waals surface area contributed by atoms with Crippen molar-refractivity contribution in [3.8, 4) is 6.07 Å². The number of aliphatic hydroxyl groups excluding tert-OH is 1. The van der Waals surface area contributed by atoms with E-state index in [4.69, 9.17) is 0 Å². The van der Waals surface area contributed by atoms with Gasteiger partial charge >= 0.3 is 0 Å². The lowest BCUT2D eigenvalue weighted by Gasteiger charge is -2.35. The number of amides is 1. The number of nitrogens with one attached hydrogen (secondary N) is 1. The molecule has 1 fully saturated rings. The zero-order valence-electron chi connectivity index (χ0n) is 14.4. The van der Waals surface area contributed by atoms with Crippen molar-refractivity contribution in [1.82, 2.24) is 5.32 Å². The molecule has 0 heterocycles. The van der Waals surface area contributed by atoms with Crippen LogP contribution < -0.4 is 10.2 Å². The fraction of sp³-hybridized carbons (Fsp3) is 0.579. The summed E-state index contributed by atoms with van der Waals surface area (Å²) in [6.45, 7) is 2.13. The fourth-order valence-corrected chi connectivity index (χ4v) is 3.38. The first-order valence-corrected chi connectivity index (χ1v) is 8.79. The lowest BCUT2D eigenvalue weighted by molar-refractivity contribution is -0.121. The summed E-state index contributed by atoms with van der Waals surface area (Å²) in [6.07, 6.45) is 5.25. The van der Waals surface area contributed by atoms with Gasteiger partial charge in [0.2, 0.25) is 5.91 Å². The molecular formula is C19H27N3O2. The number of para-hydroxylation sites is 1. The zero-order valence-corrected chi connectivity index (χ0v) is 14.4. The Hall–Kier alpha value is -2.06. The molecule has 2 rings (SSSR count). The largest absolute Gasteiger partial charge is 0.394 e. The van der Waals surface area contributed by atoms with Crippen LogP contribution in [-0.2, 0) is 4.79 Å². The molecule has 0 saturated heterocycles. The van der Waals surface area contributed by atoms with Gasteiger partial charge in [-0.05, 0) is 31.4 Å². The molecule has 1 amide bonds. The Morgan fingerprint density at radius 1 is 1.33 bits per heavy atom. The number of rotatable bonds is 7. The van der Waals surface area contributed by atoms with Crippen molar-refractivity contribution < 1.29 is 9.90 Å². The topological polar surface area (TPSA) is 76.4 Å². The Bertz CT molecular complexity index is 558. The molecule has 2 N–H and O–H groups in total. The minimum absolute atomic E-state index is 0.0118. The maximum absolute atomic E-state index is 12.6. The number of carbonyl (C=O) groups is 1. The Balaban J connectivity index is 2.11. The van der Waals surface area contributed by atoms with Crippen LogP contribution >= 0.6 is 0 Å². The van der Waals surface area contributed by atoms with Gasteiger partial charge in [-0.15, -0.1) is 0 Å². The van der Waals surface area contributed by atoms with Crippen LogP contribution in [0.1, 0.15) is 45.4 Å². The number of nitriles is 1. The van der Waals surface area contributed by atoms with E-state index in [1.165, 1.54) is 0 Å². The maximum Gasteiger partial charge on any atom is 0.240 e. The van der Waals surface area contributed by atoms with Crippen LogP contribution in [0, 0.1) is 11.3 Å². The first-order chi connectivity index (χ1) is 11.6. The molecule has 24 heavy (non-hydrogen) atoms. The molecule has 0 aliphatic heterocycles. The van der Waals surface area contributed by atoms with Gasteiger partial charge in [0, 0.05) is 5.69 Å². The van der Waals surface area contributed by atoms with E-state index < -0.39 is 5.54 Å². The van der Waals surface area contributed by atoms with Crippen LogP contribution in [0.3, 0.4) is 0 Å². The number of carbonyl (C=O) groups excluding carboxylic acids is 1. The van der Waals surface area contributed by atoms with Gasteiger partial charge in [0.15, 0.2) is 0 Å². The maximum atomic E-state index is 12.6. The number of hydrogen-bond acceptors (Lipinski definition) is 4. The normalized spacial score (nSPS) is 17.5. The minimum atomic E-state index is -0.724. The van der Waals surface area contributed by atoms with Crippen molar-refractivity contribution in [2.45, 2.75) is 57.0 Å². The van der Waals surface area contributed by atoms with E-state index in [1.807, 2.05) is 42.2 Å². The Labute approximate surface area is 144 Å². The molecule has 1 saturated carbocycles.